The molecule has 0 saturated heterocycles. The van der Waals surface area contributed by atoms with E-state index < -0.39 is 24.1 Å². The molecule has 2 aromatic rings. The van der Waals surface area contributed by atoms with E-state index in [0.717, 1.165) is 6.08 Å². The molecule has 116 valence electrons. The second kappa shape index (κ2) is 7.11. The van der Waals surface area contributed by atoms with Crippen LogP contribution in [0.25, 0.3) is 17.2 Å². The van der Waals surface area contributed by atoms with Gasteiger partial charge in [-0.1, -0.05) is 24.3 Å². The molecule has 0 aliphatic heterocycles. The van der Waals surface area contributed by atoms with Gasteiger partial charge in [0.2, 0.25) is 5.82 Å². The van der Waals surface area contributed by atoms with Gasteiger partial charge < -0.3 is 4.74 Å². The Bertz CT molecular complexity index is 678. The maximum absolute atomic E-state index is 14.1. The van der Waals surface area contributed by atoms with Crippen LogP contribution in [0.2, 0.25) is 0 Å². The van der Waals surface area contributed by atoms with Gasteiger partial charge in [-0.25, -0.2) is 13.2 Å². The van der Waals surface area contributed by atoms with E-state index in [9.17, 15) is 17.6 Å². The first-order valence-corrected chi connectivity index (χ1v) is 6.70. The summed E-state index contributed by atoms with van der Waals surface area (Å²) in [6, 6.07) is 8.78. The quantitative estimate of drug-likeness (QED) is 0.680. The molecule has 0 aromatic heterocycles. The Labute approximate surface area is 125 Å². The highest BCUT2D eigenvalue weighted by Gasteiger charge is 2.15. The smallest absolute Gasteiger partial charge is 0.201 e. The molecule has 0 bridgehead atoms. The van der Waals surface area contributed by atoms with E-state index in [2.05, 4.69) is 0 Å². The predicted molar refractivity (Wildman–Crippen MR) is 78.0 cm³/mol. The topological polar surface area (TPSA) is 9.23 Å². The highest BCUT2D eigenvalue weighted by Crippen LogP contribution is 2.30. The molecule has 0 aliphatic carbocycles. The lowest BCUT2D eigenvalue weighted by Crippen LogP contribution is -1.98. The molecule has 1 nitrogen and oxygen atoms in total. The van der Waals surface area contributed by atoms with Crippen molar-refractivity contribution in [1.82, 2.24) is 0 Å². The number of alkyl halides is 1. The summed E-state index contributed by atoms with van der Waals surface area (Å²) in [5.41, 5.74) is 0.936. The Balaban J connectivity index is 2.34. The minimum atomic E-state index is -1.18. The van der Waals surface area contributed by atoms with Gasteiger partial charge in [0.1, 0.15) is 12.5 Å². The van der Waals surface area contributed by atoms with Crippen molar-refractivity contribution in [1.29, 1.82) is 0 Å². The van der Waals surface area contributed by atoms with E-state index in [1.807, 2.05) is 0 Å². The highest BCUT2D eigenvalue weighted by atomic mass is 19.2. The second-order valence-corrected chi connectivity index (χ2v) is 4.52. The van der Waals surface area contributed by atoms with E-state index in [0.29, 0.717) is 11.1 Å². The summed E-state index contributed by atoms with van der Waals surface area (Å²) in [6.45, 7) is 0.728. The lowest BCUT2D eigenvalue weighted by molar-refractivity contribution is 0.314. The largest absolute Gasteiger partial charge is 0.491 e. The first-order chi connectivity index (χ1) is 10.6. The van der Waals surface area contributed by atoms with Crippen molar-refractivity contribution in [2.75, 3.05) is 13.3 Å². The zero-order valence-corrected chi connectivity index (χ0v) is 11.9. The van der Waals surface area contributed by atoms with Crippen LogP contribution in [0.1, 0.15) is 12.5 Å². The van der Waals surface area contributed by atoms with Crippen LogP contribution in [0.4, 0.5) is 17.6 Å². The molecule has 0 saturated carbocycles. The van der Waals surface area contributed by atoms with Gasteiger partial charge in [0.15, 0.2) is 11.6 Å². The summed E-state index contributed by atoms with van der Waals surface area (Å²) >= 11 is 0. The molecule has 5 heteroatoms. The molecular weight excluding hydrogens is 296 g/mol. The van der Waals surface area contributed by atoms with Crippen molar-refractivity contribution in [3.63, 3.8) is 0 Å². The molecule has 0 unspecified atom stereocenters. The molecule has 0 fully saturated rings. The monoisotopic (exact) mass is 310 g/mol. The Morgan fingerprint density at radius 2 is 1.73 bits per heavy atom. The standard InChI is InChI=1S/C17H14F4O/c1-2-22-15-8-7-14(16(20)17(15)21)12-5-3-11(4-6-12)9-13(19)10-18/h3-9H,2,10H2,1H3. The number of allylic oxidation sites excluding steroid dienone is 1. The van der Waals surface area contributed by atoms with Gasteiger partial charge in [-0.15, -0.1) is 0 Å². The van der Waals surface area contributed by atoms with Crippen molar-refractivity contribution < 1.29 is 22.3 Å². The second-order valence-electron chi connectivity index (χ2n) is 4.52. The van der Waals surface area contributed by atoms with Crippen LogP contribution in [0.5, 0.6) is 5.75 Å². The minimum absolute atomic E-state index is 0.0717. The summed E-state index contributed by atoms with van der Waals surface area (Å²) in [5, 5.41) is 0. The van der Waals surface area contributed by atoms with Gasteiger partial charge in [-0.05, 0) is 36.3 Å². The van der Waals surface area contributed by atoms with Crippen LogP contribution in [0.3, 0.4) is 0 Å². The third-order valence-electron chi connectivity index (χ3n) is 3.02. The molecule has 2 aromatic carbocycles. The molecule has 22 heavy (non-hydrogen) atoms. The third-order valence-corrected chi connectivity index (χ3v) is 3.02. The van der Waals surface area contributed by atoms with Gasteiger partial charge in [-0.2, -0.15) is 4.39 Å². The van der Waals surface area contributed by atoms with E-state index in [4.69, 9.17) is 4.74 Å². The van der Waals surface area contributed by atoms with Crippen molar-refractivity contribution in [2.24, 2.45) is 0 Å². The lowest BCUT2D eigenvalue weighted by Gasteiger charge is -2.09. The summed E-state index contributed by atoms with van der Waals surface area (Å²) in [6.07, 6.45) is 1.04. The maximum Gasteiger partial charge on any atom is 0.201 e. The van der Waals surface area contributed by atoms with E-state index in [1.54, 1.807) is 6.92 Å². The van der Waals surface area contributed by atoms with E-state index in [1.165, 1.54) is 36.4 Å². The summed E-state index contributed by atoms with van der Waals surface area (Å²) in [5.74, 6) is -3.10. The van der Waals surface area contributed by atoms with Gasteiger partial charge in [0.25, 0.3) is 0 Å². The molecular formula is C17H14F4O. The summed E-state index contributed by atoms with van der Waals surface area (Å²) < 4.78 is 57.8. The molecule has 0 heterocycles. The fraction of sp³-hybridized carbons (Fsp3) is 0.176. The van der Waals surface area contributed by atoms with Gasteiger partial charge in [-0.3, -0.25) is 0 Å². The number of hydrogen-bond donors (Lipinski definition) is 0. The van der Waals surface area contributed by atoms with Crippen LogP contribution in [-0.2, 0) is 0 Å². The van der Waals surface area contributed by atoms with Crippen LogP contribution in [0, 0.1) is 11.6 Å². The van der Waals surface area contributed by atoms with Gasteiger partial charge in [0.05, 0.1) is 6.61 Å². The molecule has 0 N–H and O–H groups in total. The Hall–Kier alpha value is -2.30. The first kappa shape index (κ1) is 16.1. The van der Waals surface area contributed by atoms with Crippen LogP contribution in [0.15, 0.2) is 42.2 Å². The summed E-state index contributed by atoms with van der Waals surface area (Å²) in [7, 11) is 0. The molecule has 2 rings (SSSR count). The number of halogens is 4. The van der Waals surface area contributed by atoms with E-state index >= 15 is 0 Å². The molecule has 0 atom stereocenters. The van der Waals surface area contributed by atoms with Crippen LogP contribution < -0.4 is 4.74 Å². The average molecular weight is 310 g/mol. The fourth-order valence-electron chi connectivity index (χ4n) is 2.00. The zero-order chi connectivity index (χ0) is 16.1. The number of ether oxygens (including phenoxy) is 1. The molecule has 0 spiro atoms. The normalized spacial score (nSPS) is 11.6. The van der Waals surface area contributed by atoms with Crippen LogP contribution in [-0.4, -0.2) is 13.3 Å². The number of hydrogen-bond acceptors (Lipinski definition) is 1. The first-order valence-electron chi connectivity index (χ1n) is 6.70. The zero-order valence-electron chi connectivity index (χ0n) is 11.9. The van der Waals surface area contributed by atoms with Crippen molar-refractivity contribution in [3.8, 4) is 16.9 Å². The minimum Gasteiger partial charge on any atom is -0.491 e. The Morgan fingerprint density at radius 1 is 1.05 bits per heavy atom. The summed E-state index contributed by atoms with van der Waals surface area (Å²) in [4.78, 5) is 0. The number of benzene rings is 2. The van der Waals surface area contributed by atoms with Crippen LogP contribution >= 0.6 is 0 Å². The predicted octanol–water partition coefficient (Wildman–Crippen LogP) is 5.31. The van der Waals surface area contributed by atoms with E-state index in [-0.39, 0.29) is 17.9 Å². The van der Waals surface area contributed by atoms with Crippen molar-refractivity contribution in [2.45, 2.75) is 6.92 Å². The Morgan fingerprint density at radius 3 is 2.32 bits per heavy atom. The Kier molecular flexibility index (Phi) is 5.20. The van der Waals surface area contributed by atoms with Crippen molar-refractivity contribution >= 4 is 6.08 Å². The molecule has 0 aliphatic rings. The highest BCUT2D eigenvalue weighted by molar-refractivity contribution is 5.67. The maximum atomic E-state index is 14.1. The van der Waals surface area contributed by atoms with Gasteiger partial charge in [0, 0.05) is 5.56 Å². The molecule has 0 amide bonds. The average Bonchev–Trinajstić information content (AvgIpc) is 2.53. The lowest BCUT2D eigenvalue weighted by atomic mass is 10.0. The van der Waals surface area contributed by atoms with Gasteiger partial charge >= 0.3 is 0 Å². The van der Waals surface area contributed by atoms with Crippen molar-refractivity contribution in [3.05, 3.63) is 59.4 Å². The fourth-order valence-corrected chi connectivity index (χ4v) is 2.00. The SMILES string of the molecule is CCOc1ccc(-c2ccc(C=C(F)CF)cc2)c(F)c1F. The third kappa shape index (κ3) is 3.47. The number of rotatable bonds is 5. The molecule has 0 radical (unpaired) electrons.